The lowest BCUT2D eigenvalue weighted by Crippen LogP contribution is -2.33. The number of carbonyl (C=O) groups is 2. The van der Waals surface area contributed by atoms with E-state index in [1.807, 2.05) is 0 Å². The van der Waals surface area contributed by atoms with Gasteiger partial charge in [0, 0.05) is 0 Å². The largest absolute Gasteiger partial charge is 0.493 e. The average Bonchev–Trinajstić information content (AvgIpc) is 3.05. The van der Waals surface area contributed by atoms with Crippen molar-refractivity contribution in [3.63, 3.8) is 0 Å². The Hall–Kier alpha value is -2.36. The van der Waals surface area contributed by atoms with Gasteiger partial charge in [0.25, 0.3) is 0 Å². The third-order valence-electron chi connectivity index (χ3n) is 3.60. The van der Waals surface area contributed by atoms with E-state index >= 15 is 0 Å². The number of hydrogen-bond donors (Lipinski definition) is 1. The molecule has 148 valence electrons. The van der Waals surface area contributed by atoms with E-state index in [1.165, 1.54) is 20.4 Å². The van der Waals surface area contributed by atoms with E-state index in [1.54, 1.807) is 19.1 Å². The normalized spacial score (nSPS) is 15.6. The molecule has 1 aromatic carbocycles. The van der Waals surface area contributed by atoms with Crippen molar-refractivity contribution >= 4 is 29.7 Å². The number of halogens is 1. The van der Waals surface area contributed by atoms with Gasteiger partial charge in [0.1, 0.15) is 0 Å². The average molecular weight is 401 g/mol. The van der Waals surface area contributed by atoms with Crippen LogP contribution >= 0.6 is 11.6 Å². The first-order valence-electron chi connectivity index (χ1n) is 8.04. The summed E-state index contributed by atoms with van der Waals surface area (Å²) in [6.45, 7) is 2.30. The van der Waals surface area contributed by atoms with Crippen LogP contribution in [0.3, 0.4) is 0 Å². The second-order valence-corrected chi connectivity index (χ2v) is 6.11. The molecule has 1 heterocycles. The highest BCUT2D eigenvalue weighted by Crippen LogP contribution is 2.36. The molecule has 2 rings (SSSR count). The van der Waals surface area contributed by atoms with Crippen molar-refractivity contribution < 1.29 is 33.3 Å². The fraction of sp³-hybridized carbons (Fsp3) is 0.471. The second-order valence-electron chi connectivity index (χ2n) is 5.70. The van der Waals surface area contributed by atoms with E-state index in [0.717, 1.165) is 0 Å². The van der Waals surface area contributed by atoms with E-state index in [4.69, 9.17) is 30.5 Å². The summed E-state index contributed by atoms with van der Waals surface area (Å²) in [6.07, 6.45) is 1.42. The quantitative estimate of drug-likeness (QED) is 0.400. The predicted octanol–water partition coefficient (Wildman–Crippen LogP) is 1.50. The molecule has 0 aliphatic carbocycles. The molecule has 1 fully saturated rings. The monoisotopic (exact) mass is 400 g/mol. The van der Waals surface area contributed by atoms with Gasteiger partial charge >= 0.3 is 5.97 Å². The van der Waals surface area contributed by atoms with Crippen LogP contribution in [0, 0.1) is 0 Å². The van der Waals surface area contributed by atoms with Crippen LogP contribution < -0.4 is 14.9 Å². The molecule has 27 heavy (non-hydrogen) atoms. The summed E-state index contributed by atoms with van der Waals surface area (Å²) in [5, 5.41) is 4.10. The predicted molar refractivity (Wildman–Crippen MR) is 96.2 cm³/mol. The van der Waals surface area contributed by atoms with Gasteiger partial charge in [0.2, 0.25) is 5.91 Å². The molecule has 0 bridgehead atoms. The summed E-state index contributed by atoms with van der Waals surface area (Å²) in [5.41, 5.74) is 2.95. The minimum atomic E-state index is -0.926. The number of hydrogen-bond acceptors (Lipinski definition) is 8. The van der Waals surface area contributed by atoms with Crippen molar-refractivity contribution in [3.05, 3.63) is 22.7 Å². The highest BCUT2D eigenvalue weighted by atomic mass is 35.5. The van der Waals surface area contributed by atoms with E-state index in [9.17, 15) is 9.59 Å². The Morgan fingerprint density at radius 2 is 2.04 bits per heavy atom. The van der Waals surface area contributed by atoms with E-state index in [2.05, 4.69) is 15.3 Å². The van der Waals surface area contributed by atoms with Gasteiger partial charge in [-0.2, -0.15) is 5.10 Å². The van der Waals surface area contributed by atoms with Crippen molar-refractivity contribution in [1.29, 1.82) is 0 Å². The Balaban J connectivity index is 1.99. The fourth-order valence-corrected chi connectivity index (χ4v) is 2.59. The Kier molecular flexibility index (Phi) is 7.40. The molecule has 10 heteroatoms. The van der Waals surface area contributed by atoms with Gasteiger partial charge in [-0.25, -0.2) is 10.2 Å². The van der Waals surface area contributed by atoms with Gasteiger partial charge < -0.3 is 23.7 Å². The summed E-state index contributed by atoms with van der Waals surface area (Å²) in [7, 11) is 2.69. The summed E-state index contributed by atoms with van der Waals surface area (Å²) in [4.78, 5) is 23.1. The maximum absolute atomic E-state index is 11.9. The first-order valence-corrected chi connectivity index (χ1v) is 8.41. The molecule has 0 saturated carbocycles. The Bertz CT molecular complexity index is 717. The first-order chi connectivity index (χ1) is 12.9. The standard InChI is InChI=1S/C17H21ClN2O7/c1-17(26-4-5-27-17)8-14(21)20-19-9-11-6-12(18)16(13(7-11)23-2)25-10-15(22)24-3/h6-7,9H,4-5,8,10H2,1-3H3,(H,20,21)/b19-9+. The molecule has 1 aromatic rings. The number of benzene rings is 1. The molecule has 0 spiro atoms. The van der Waals surface area contributed by atoms with E-state index in [0.29, 0.717) is 24.5 Å². The first kappa shape index (κ1) is 20.9. The van der Waals surface area contributed by atoms with Crippen LogP contribution in [0.2, 0.25) is 5.02 Å². The molecule has 1 aliphatic heterocycles. The van der Waals surface area contributed by atoms with Crippen LogP contribution in [0.4, 0.5) is 0 Å². The smallest absolute Gasteiger partial charge is 0.343 e. The van der Waals surface area contributed by atoms with Crippen molar-refractivity contribution in [2.24, 2.45) is 5.10 Å². The van der Waals surface area contributed by atoms with Gasteiger partial charge in [-0.3, -0.25) is 4.79 Å². The molecule has 9 nitrogen and oxygen atoms in total. The van der Waals surface area contributed by atoms with Crippen molar-refractivity contribution in [2.75, 3.05) is 34.0 Å². The van der Waals surface area contributed by atoms with Gasteiger partial charge in [-0.05, 0) is 24.6 Å². The third-order valence-corrected chi connectivity index (χ3v) is 3.88. The van der Waals surface area contributed by atoms with E-state index < -0.39 is 11.8 Å². The number of ether oxygens (including phenoxy) is 5. The Morgan fingerprint density at radius 1 is 1.33 bits per heavy atom. The van der Waals surface area contributed by atoms with Crippen LogP contribution in [0.15, 0.2) is 17.2 Å². The lowest BCUT2D eigenvalue weighted by atomic mass is 10.2. The van der Waals surface area contributed by atoms with Crippen molar-refractivity contribution in [2.45, 2.75) is 19.1 Å². The number of nitrogens with zero attached hydrogens (tertiary/aromatic N) is 1. The number of methoxy groups -OCH3 is 2. The zero-order valence-electron chi connectivity index (χ0n) is 15.2. The van der Waals surface area contributed by atoms with Crippen molar-refractivity contribution in [3.8, 4) is 11.5 Å². The van der Waals surface area contributed by atoms with Crippen LogP contribution in [0.25, 0.3) is 0 Å². The summed E-state index contributed by atoms with van der Waals surface area (Å²) >= 11 is 6.17. The second kappa shape index (κ2) is 9.54. The number of nitrogens with one attached hydrogen (secondary N) is 1. The highest BCUT2D eigenvalue weighted by Gasteiger charge is 2.33. The van der Waals surface area contributed by atoms with E-state index in [-0.39, 0.29) is 29.7 Å². The topological polar surface area (TPSA) is 105 Å². The van der Waals surface area contributed by atoms with Gasteiger partial charge in [0.15, 0.2) is 23.9 Å². The highest BCUT2D eigenvalue weighted by molar-refractivity contribution is 6.32. The molecular weight excluding hydrogens is 380 g/mol. The summed E-state index contributed by atoms with van der Waals surface area (Å²) in [6, 6.07) is 3.15. The van der Waals surface area contributed by atoms with Crippen LogP contribution in [-0.4, -0.2) is 57.9 Å². The minimum Gasteiger partial charge on any atom is -0.493 e. The fourth-order valence-electron chi connectivity index (χ4n) is 2.31. The molecule has 0 radical (unpaired) electrons. The summed E-state index contributed by atoms with van der Waals surface area (Å²) < 4.78 is 25.8. The molecular formula is C17H21ClN2O7. The van der Waals surface area contributed by atoms with Gasteiger partial charge in [0.05, 0.1) is 45.1 Å². The van der Waals surface area contributed by atoms with Gasteiger partial charge in [-0.15, -0.1) is 0 Å². The molecule has 1 N–H and O–H groups in total. The molecule has 1 saturated heterocycles. The Morgan fingerprint density at radius 3 is 2.67 bits per heavy atom. The number of rotatable bonds is 8. The zero-order valence-corrected chi connectivity index (χ0v) is 16.0. The SMILES string of the molecule is COC(=O)COc1c(Cl)cc(/C=N/NC(=O)CC2(C)OCCO2)cc1OC. The zero-order chi connectivity index (χ0) is 19.9. The lowest BCUT2D eigenvalue weighted by Gasteiger charge is -2.20. The molecule has 1 aliphatic rings. The third kappa shape index (κ3) is 6.09. The lowest BCUT2D eigenvalue weighted by molar-refractivity contribution is -0.159. The molecule has 0 aromatic heterocycles. The maximum Gasteiger partial charge on any atom is 0.343 e. The molecule has 0 unspecified atom stereocenters. The van der Waals surface area contributed by atoms with Crippen LogP contribution in [-0.2, 0) is 23.8 Å². The maximum atomic E-state index is 11.9. The summed E-state index contributed by atoms with van der Waals surface area (Å²) in [5.74, 6) is -1.32. The number of hydrazone groups is 1. The molecule has 1 amide bonds. The van der Waals surface area contributed by atoms with Crippen LogP contribution in [0.1, 0.15) is 18.9 Å². The molecule has 0 atom stereocenters. The van der Waals surface area contributed by atoms with Gasteiger partial charge in [-0.1, -0.05) is 11.6 Å². The van der Waals surface area contributed by atoms with Crippen LogP contribution in [0.5, 0.6) is 11.5 Å². The Labute approximate surface area is 161 Å². The minimum absolute atomic E-state index is 0.0225. The number of carbonyl (C=O) groups excluding carboxylic acids is 2. The number of amides is 1. The van der Waals surface area contributed by atoms with Crippen molar-refractivity contribution in [1.82, 2.24) is 5.43 Å². The number of esters is 1.